The smallest absolute Gasteiger partial charge is 0.234 e. The third kappa shape index (κ3) is 4.43. The number of aliphatic imine (C=N–C) groups is 1. The van der Waals surface area contributed by atoms with Gasteiger partial charge in [0.25, 0.3) is 0 Å². The molecule has 2 aromatic rings. The van der Waals surface area contributed by atoms with Crippen LogP contribution < -0.4 is 15.0 Å². The molecule has 0 radical (unpaired) electrons. The summed E-state index contributed by atoms with van der Waals surface area (Å²) in [5.41, 5.74) is 3.60. The standard InChI is InChI=1S/C22H25N3O4S2/c1-14-7-6-8-15(2)21(14)24-20(26)11-30-22-23-16-12-31(27,28)13-18(16)25(22)17-9-4-5-10-19(17)29-3/h4-10,16,18H,11-13H2,1-3H3,(H,24,26)/t16-,18+/m0/s1. The molecule has 0 aliphatic carbocycles. The van der Waals surface area contributed by atoms with Gasteiger partial charge < -0.3 is 15.0 Å². The number of hydrogen-bond acceptors (Lipinski definition) is 7. The molecule has 0 saturated carbocycles. The number of rotatable bonds is 5. The van der Waals surface area contributed by atoms with Crippen LogP contribution in [0, 0.1) is 13.8 Å². The summed E-state index contributed by atoms with van der Waals surface area (Å²) < 4.78 is 29.9. The first-order valence-electron chi connectivity index (χ1n) is 9.98. The van der Waals surface area contributed by atoms with Crippen molar-refractivity contribution in [3.8, 4) is 5.75 Å². The van der Waals surface area contributed by atoms with E-state index in [0.29, 0.717) is 10.9 Å². The zero-order valence-electron chi connectivity index (χ0n) is 17.7. The van der Waals surface area contributed by atoms with Crippen molar-refractivity contribution in [3.63, 3.8) is 0 Å². The summed E-state index contributed by atoms with van der Waals surface area (Å²) in [5.74, 6) is 0.750. The number of carbonyl (C=O) groups excluding carboxylic acids is 1. The minimum absolute atomic E-state index is 0.0297. The second-order valence-corrected chi connectivity index (χ2v) is 10.9. The third-order valence-electron chi connectivity index (χ3n) is 5.53. The molecular formula is C22H25N3O4S2. The Hall–Kier alpha value is -2.52. The van der Waals surface area contributed by atoms with Crippen LogP contribution in [0.25, 0.3) is 0 Å². The number of thioether (sulfide) groups is 1. The predicted molar refractivity (Wildman–Crippen MR) is 126 cm³/mol. The van der Waals surface area contributed by atoms with Gasteiger partial charge in [-0.3, -0.25) is 9.79 Å². The van der Waals surface area contributed by atoms with Crippen molar-refractivity contribution in [1.82, 2.24) is 0 Å². The minimum atomic E-state index is -3.15. The number of ether oxygens (including phenoxy) is 1. The van der Waals surface area contributed by atoms with Crippen molar-refractivity contribution in [2.24, 2.45) is 4.99 Å². The van der Waals surface area contributed by atoms with Crippen LogP contribution in [0.4, 0.5) is 11.4 Å². The Balaban J connectivity index is 1.55. The van der Waals surface area contributed by atoms with Gasteiger partial charge in [0.2, 0.25) is 5.91 Å². The lowest BCUT2D eigenvalue weighted by Crippen LogP contribution is -2.39. The lowest BCUT2D eigenvalue weighted by Gasteiger charge is -2.27. The second kappa shape index (κ2) is 8.55. The van der Waals surface area contributed by atoms with Crippen molar-refractivity contribution in [2.45, 2.75) is 25.9 Å². The number of benzene rings is 2. The van der Waals surface area contributed by atoms with E-state index in [-0.39, 0.29) is 35.2 Å². The van der Waals surface area contributed by atoms with Crippen LogP contribution in [0.2, 0.25) is 0 Å². The minimum Gasteiger partial charge on any atom is -0.495 e. The molecule has 2 aliphatic heterocycles. The van der Waals surface area contributed by atoms with Gasteiger partial charge in [-0.15, -0.1) is 0 Å². The molecule has 1 amide bonds. The monoisotopic (exact) mass is 459 g/mol. The van der Waals surface area contributed by atoms with Crippen LogP contribution in [0.15, 0.2) is 47.5 Å². The van der Waals surface area contributed by atoms with E-state index in [0.717, 1.165) is 22.5 Å². The molecule has 2 aromatic carbocycles. The molecule has 0 spiro atoms. The highest BCUT2D eigenvalue weighted by molar-refractivity contribution is 8.14. The number of sulfone groups is 1. The number of nitrogens with zero attached hydrogens (tertiary/aromatic N) is 2. The van der Waals surface area contributed by atoms with E-state index >= 15 is 0 Å². The summed E-state index contributed by atoms with van der Waals surface area (Å²) in [7, 11) is -1.57. The number of amides is 1. The van der Waals surface area contributed by atoms with Crippen LogP contribution in [0.5, 0.6) is 5.75 Å². The molecule has 9 heteroatoms. The summed E-state index contributed by atoms with van der Waals surface area (Å²) >= 11 is 1.32. The van der Waals surface area contributed by atoms with Gasteiger partial charge >= 0.3 is 0 Å². The Bertz CT molecular complexity index is 1130. The first kappa shape index (κ1) is 21.7. The van der Waals surface area contributed by atoms with Crippen molar-refractivity contribution < 1.29 is 17.9 Å². The molecule has 7 nitrogen and oxygen atoms in total. The first-order chi connectivity index (χ1) is 14.8. The van der Waals surface area contributed by atoms with E-state index in [9.17, 15) is 13.2 Å². The number of para-hydroxylation sites is 3. The fourth-order valence-corrected chi connectivity index (χ4v) is 6.82. The quantitative estimate of drug-likeness (QED) is 0.740. The molecule has 31 heavy (non-hydrogen) atoms. The molecule has 0 aromatic heterocycles. The molecule has 164 valence electrons. The largest absolute Gasteiger partial charge is 0.495 e. The summed E-state index contributed by atoms with van der Waals surface area (Å²) in [6, 6.07) is 12.7. The summed E-state index contributed by atoms with van der Waals surface area (Å²) in [4.78, 5) is 19.3. The van der Waals surface area contributed by atoms with Gasteiger partial charge in [-0.05, 0) is 37.1 Å². The topological polar surface area (TPSA) is 88.1 Å². The van der Waals surface area contributed by atoms with Crippen LogP contribution in [-0.2, 0) is 14.6 Å². The molecule has 0 bridgehead atoms. The SMILES string of the molecule is COc1ccccc1N1C(SCC(=O)Nc2c(C)cccc2C)=N[C@H]2CS(=O)(=O)C[C@H]21. The van der Waals surface area contributed by atoms with Gasteiger partial charge in [0, 0.05) is 5.69 Å². The van der Waals surface area contributed by atoms with Gasteiger partial charge in [-0.25, -0.2) is 8.42 Å². The number of nitrogens with one attached hydrogen (secondary N) is 1. The van der Waals surface area contributed by atoms with Gasteiger partial charge in [0.15, 0.2) is 15.0 Å². The second-order valence-electron chi connectivity index (χ2n) is 7.77. The van der Waals surface area contributed by atoms with E-state index in [2.05, 4.69) is 10.3 Å². The highest BCUT2D eigenvalue weighted by Crippen LogP contribution is 2.39. The van der Waals surface area contributed by atoms with Gasteiger partial charge in [0.05, 0.1) is 42.1 Å². The molecule has 2 aliphatic rings. The van der Waals surface area contributed by atoms with E-state index in [1.807, 2.05) is 61.2 Å². The fourth-order valence-electron chi connectivity index (χ4n) is 4.06. The molecule has 4 rings (SSSR count). The van der Waals surface area contributed by atoms with E-state index in [1.165, 1.54) is 11.8 Å². The number of anilines is 2. The lowest BCUT2D eigenvalue weighted by molar-refractivity contribution is -0.113. The van der Waals surface area contributed by atoms with Crippen LogP contribution in [0.3, 0.4) is 0 Å². The van der Waals surface area contributed by atoms with Crippen molar-refractivity contribution in [1.29, 1.82) is 0 Å². The van der Waals surface area contributed by atoms with E-state index in [4.69, 9.17) is 4.74 Å². The number of amidine groups is 1. The Morgan fingerprint density at radius 2 is 1.87 bits per heavy atom. The maximum Gasteiger partial charge on any atom is 0.234 e. The van der Waals surface area contributed by atoms with E-state index in [1.54, 1.807) is 7.11 Å². The molecular weight excluding hydrogens is 434 g/mol. The molecule has 1 fully saturated rings. The van der Waals surface area contributed by atoms with Crippen molar-refractivity contribution in [2.75, 3.05) is 34.6 Å². The number of hydrogen-bond donors (Lipinski definition) is 1. The van der Waals surface area contributed by atoms with Crippen LogP contribution >= 0.6 is 11.8 Å². The van der Waals surface area contributed by atoms with Gasteiger partial charge in [-0.2, -0.15) is 0 Å². The molecule has 2 heterocycles. The highest BCUT2D eigenvalue weighted by Gasteiger charge is 2.47. The van der Waals surface area contributed by atoms with Crippen molar-refractivity contribution in [3.05, 3.63) is 53.6 Å². The van der Waals surface area contributed by atoms with Crippen LogP contribution in [-0.4, -0.2) is 55.9 Å². The fraction of sp³-hybridized carbons (Fsp3) is 0.364. The van der Waals surface area contributed by atoms with Crippen molar-refractivity contribution >= 4 is 44.0 Å². The zero-order chi connectivity index (χ0) is 22.2. The molecule has 0 unspecified atom stereocenters. The maximum absolute atomic E-state index is 12.7. The number of aryl methyl sites for hydroxylation is 2. The van der Waals surface area contributed by atoms with Gasteiger partial charge in [-0.1, -0.05) is 42.1 Å². The normalized spacial score (nSPS) is 21.5. The molecule has 1 N–H and O–H groups in total. The Labute approximate surface area is 186 Å². The van der Waals surface area contributed by atoms with Gasteiger partial charge in [0.1, 0.15) is 5.75 Å². The average molecular weight is 460 g/mol. The zero-order valence-corrected chi connectivity index (χ0v) is 19.3. The summed E-state index contributed by atoms with van der Waals surface area (Å²) in [6.07, 6.45) is 0. The first-order valence-corrected chi connectivity index (χ1v) is 12.8. The average Bonchev–Trinajstić information content (AvgIpc) is 3.20. The molecule has 1 saturated heterocycles. The summed E-state index contributed by atoms with van der Waals surface area (Å²) in [5, 5.41) is 3.63. The summed E-state index contributed by atoms with van der Waals surface area (Å²) in [6.45, 7) is 3.92. The van der Waals surface area contributed by atoms with Crippen LogP contribution in [0.1, 0.15) is 11.1 Å². The predicted octanol–water partition coefficient (Wildman–Crippen LogP) is 3.03. The number of carbonyl (C=O) groups is 1. The molecule has 2 atom stereocenters. The lowest BCUT2D eigenvalue weighted by atomic mass is 10.1. The Morgan fingerprint density at radius 3 is 2.58 bits per heavy atom. The Kier molecular flexibility index (Phi) is 5.98. The third-order valence-corrected chi connectivity index (χ3v) is 8.20. The number of methoxy groups -OCH3 is 1. The Morgan fingerprint density at radius 1 is 1.16 bits per heavy atom. The highest BCUT2D eigenvalue weighted by atomic mass is 32.2. The maximum atomic E-state index is 12.7. The van der Waals surface area contributed by atoms with E-state index < -0.39 is 9.84 Å². The number of fused-ring (bicyclic) bond motifs is 1.